The Morgan fingerprint density at radius 1 is 1.05 bits per heavy atom. The fourth-order valence-electron chi connectivity index (χ4n) is 4.94. The molecular formula is C24H32F6N2O6. The Morgan fingerprint density at radius 3 is 2.18 bits per heavy atom. The molecule has 1 aliphatic carbocycles. The van der Waals surface area contributed by atoms with Crippen molar-refractivity contribution >= 4 is 11.9 Å². The average molecular weight is 559 g/mol. The van der Waals surface area contributed by atoms with Gasteiger partial charge in [-0.3, -0.25) is 9.88 Å². The van der Waals surface area contributed by atoms with Crippen molar-refractivity contribution < 1.29 is 55.6 Å². The number of aromatic nitrogens is 1. The number of nitrogens with zero attached hydrogens (tertiary/aromatic N) is 2. The summed E-state index contributed by atoms with van der Waals surface area (Å²) in [6.45, 7) is 7.10. The lowest BCUT2D eigenvalue weighted by Crippen LogP contribution is -2.33. The van der Waals surface area contributed by atoms with Gasteiger partial charge in [0.2, 0.25) is 0 Å². The first-order valence-electron chi connectivity index (χ1n) is 12.1. The van der Waals surface area contributed by atoms with Crippen molar-refractivity contribution in [3.05, 3.63) is 30.1 Å². The minimum Gasteiger partial charge on any atom is -0.475 e. The lowest BCUT2D eigenvalue weighted by molar-refractivity contribution is -0.193. The largest absolute Gasteiger partial charge is 0.490 e. The van der Waals surface area contributed by atoms with Gasteiger partial charge >= 0.3 is 24.3 Å². The molecule has 2 saturated heterocycles. The summed E-state index contributed by atoms with van der Waals surface area (Å²) in [5.74, 6) is -3.99. The van der Waals surface area contributed by atoms with Crippen LogP contribution in [-0.2, 0) is 25.6 Å². The van der Waals surface area contributed by atoms with Crippen LogP contribution < -0.4 is 0 Å². The van der Waals surface area contributed by atoms with Gasteiger partial charge in [-0.2, -0.15) is 26.3 Å². The Labute approximate surface area is 215 Å². The van der Waals surface area contributed by atoms with E-state index in [1.54, 1.807) is 0 Å². The predicted molar refractivity (Wildman–Crippen MR) is 121 cm³/mol. The van der Waals surface area contributed by atoms with E-state index in [0.29, 0.717) is 11.3 Å². The molecule has 0 spiro atoms. The van der Waals surface area contributed by atoms with Crippen LogP contribution in [0.1, 0.15) is 37.8 Å². The number of aliphatic carboxylic acids is 2. The van der Waals surface area contributed by atoms with Crippen molar-refractivity contribution in [2.75, 3.05) is 39.5 Å². The maximum Gasteiger partial charge on any atom is 0.490 e. The summed E-state index contributed by atoms with van der Waals surface area (Å²) >= 11 is 0. The van der Waals surface area contributed by atoms with E-state index < -0.39 is 24.3 Å². The first-order valence-corrected chi connectivity index (χ1v) is 12.1. The zero-order chi connectivity index (χ0) is 28.4. The summed E-state index contributed by atoms with van der Waals surface area (Å²) in [6, 6.07) is 6.22. The van der Waals surface area contributed by atoms with Gasteiger partial charge in [-0.15, -0.1) is 0 Å². The maximum absolute atomic E-state index is 10.6. The van der Waals surface area contributed by atoms with Crippen molar-refractivity contribution in [2.24, 2.45) is 17.3 Å². The lowest BCUT2D eigenvalue weighted by Gasteiger charge is -2.30. The number of fused-ring (bicyclic) bond motifs is 1. The highest BCUT2D eigenvalue weighted by Crippen LogP contribution is 2.49. The number of alkyl halides is 6. The highest BCUT2D eigenvalue weighted by atomic mass is 19.4. The van der Waals surface area contributed by atoms with Gasteiger partial charge in [-0.1, -0.05) is 12.5 Å². The Hall–Kier alpha value is -2.45. The van der Waals surface area contributed by atoms with Crippen LogP contribution in [0, 0.1) is 17.3 Å². The van der Waals surface area contributed by atoms with Crippen LogP contribution >= 0.6 is 0 Å². The SMILES string of the molecule is O=C(O)C(F)(F)F.O=C(O)C(F)(F)F.c1ccc(CN2C[C@H]3CCC[C@@]3(COCC3CCOCC3)C2)nc1. The topological polar surface area (TPSA) is 109 Å². The van der Waals surface area contributed by atoms with Crippen molar-refractivity contribution in [2.45, 2.75) is 51.0 Å². The Morgan fingerprint density at radius 2 is 1.66 bits per heavy atom. The third kappa shape index (κ3) is 10.4. The molecule has 0 amide bonds. The molecule has 216 valence electrons. The number of ether oxygens (including phenoxy) is 2. The Bertz CT molecular complexity index is 855. The molecule has 2 aliphatic heterocycles. The van der Waals surface area contributed by atoms with Gasteiger partial charge in [0.05, 0.1) is 12.3 Å². The van der Waals surface area contributed by atoms with Crippen LogP contribution in [0.25, 0.3) is 0 Å². The molecule has 0 radical (unpaired) electrons. The van der Waals surface area contributed by atoms with Crippen LogP contribution in [0.3, 0.4) is 0 Å². The average Bonchev–Trinajstić information content (AvgIpc) is 3.36. The summed E-state index contributed by atoms with van der Waals surface area (Å²) in [7, 11) is 0. The van der Waals surface area contributed by atoms with Crippen molar-refractivity contribution in [1.29, 1.82) is 0 Å². The van der Waals surface area contributed by atoms with Gasteiger partial charge in [0.25, 0.3) is 0 Å². The molecule has 0 unspecified atom stereocenters. The number of likely N-dealkylation sites (tertiary alicyclic amines) is 1. The molecule has 3 aliphatic rings. The van der Waals surface area contributed by atoms with Crippen LogP contribution in [0.2, 0.25) is 0 Å². The number of carbonyl (C=O) groups is 2. The van der Waals surface area contributed by atoms with E-state index in [4.69, 9.17) is 29.3 Å². The fraction of sp³-hybridized carbons (Fsp3) is 0.708. The molecule has 38 heavy (non-hydrogen) atoms. The van der Waals surface area contributed by atoms with Crippen molar-refractivity contribution in [1.82, 2.24) is 9.88 Å². The highest BCUT2D eigenvalue weighted by Gasteiger charge is 2.49. The molecule has 14 heteroatoms. The molecular weight excluding hydrogens is 526 g/mol. The highest BCUT2D eigenvalue weighted by molar-refractivity contribution is 5.73. The summed E-state index contributed by atoms with van der Waals surface area (Å²) in [5.41, 5.74) is 1.59. The number of halogens is 6. The van der Waals surface area contributed by atoms with Gasteiger partial charge in [0.15, 0.2) is 0 Å². The van der Waals surface area contributed by atoms with Gasteiger partial charge in [-0.25, -0.2) is 9.59 Å². The van der Waals surface area contributed by atoms with Crippen molar-refractivity contribution in [3.8, 4) is 0 Å². The van der Waals surface area contributed by atoms with E-state index in [9.17, 15) is 26.3 Å². The fourth-order valence-corrected chi connectivity index (χ4v) is 4.94. The number of pyridine rings is 1. The molecule has 2 N–H and O–H groups in total. The van der Waals surface area contributed by atoms with E-state index in [2.05, 4.69) is 22.0 Å². The third-order valence-electron chi connectivity index (χ3n) is 6.79. The Balaban J connectivity index is 0.000000301. The molecule has 3 heterocycles. The molecule has 1 aromatic heterocycles. The summed E-state index contributed by atoms with van der Waals surface area (Å²) in [5, 5.41) is 14.2. The van der Waals surface area contributed by atoms with E-state index >= 15 is 0 Å². The second-order valence-electron chi connectivity index (χ2n) is 9.62. The van der Waals surface area contributed by atoms with E-state index in [1.165, 1.54) is 50.9 Å². The second-order valence-corrected chi connectivity index (χ2v) is 9.62. The summed E-state index contributed by atoms with van der Waals surface area (Å²) in [4.78, 5) is 24.9. The first-order chi connectivity index (χ1) is 17.7. The van der Waals surface area contributed by atoms with Gasteiger partial charge in [-0.05, 0) is 49.7 Å². The molecule has 1 saturated carbocycles. The molecule has 0 aromatic carbocycles. The molecule has 3 fully saturated rings. The smallest absolute Gasteiger partial charge is 0.475 e. The normalized spacial score (nSPS) is 24.0. The van der Waals surface area contributed by atoms with Crippen LogP contribution in [0.4, 0.5) is 26.3 Å². The molecule has 4 rings (SSSR count). The standard InChI is InChI=1S/C20H30N2O2.2C2HF3O2/c1-2-9-21-19(5-1)13-22-12-18-4-3-8-20(18,15-22)16-24-14-17-6-10-23-11-7-17;2*3-2(4,5)1(6)7/h1-2,5,9,17-18H,3-4,6-8,10-16H2;2*(H,6,7)/t18-,20+;;/m1../s1. The number of carboxylic acids is 2. The van der Waals surface area contributed by atoms with Gasteiger partial charge in [0, 0.05) is 51.1 Å². The number of hydrogen-bond acceptors (Lipinski definition) is 6. The predicted octanol–water partition coefficient (Wildman–Crippen LogP) is 4.39. The van der Waals surface area contributed by atoms with E-state index in [1.807, 2.05) is 12.3 Å². The van der Waals surface area contributed by atoms with Crippen LogP contribution in [0.15, 0.2) is 24.4 Å². The zero-order valence-corrected chi connectivity index (χ0v) is 20.6. The monoisotopic (exact) mass is 558 g/mol. The summed E-state index contributed by atoms with van der Waals surface area (Å²) in [6.07, 6.45) is -1.84. The first kappa shape index (κ1) is 31.8. The van der Waals surface area contributed by atoms with Gasteiger partial charge in [0.1, 0.15) is 0 Å². The molecule has 1 aromatic rings. The number of carboxylic acid groups (broad SMARTS) is 2. The quantitative estimate of drug-likeness (QED) is 0.495. The Kier molecular flexibility index (Phi) is 11.8. The van der Waals surface area contributed by atoms with E-state index in [0.717, 1.165) is 38.9 Å². The summed E-state index contributed by atoms with van der Waals surface area (Å²) < 4.78 is 75.2. The maximum atomic E-state index is 10.6. The number of rotatable bonds is 6. The van der Waals surface area contributed by atoms with E-state index in [-0.39, 0.29) is 0 Å². The third-order valence-corrected chi connectivity index (χ3v) is 6.79. The molecule has 2 atom stereocenters. The van der Waals surface area contributed by atoms with Crippen LogP contribution in [0.5, 0.6) is 0 Å². The van der Waals surface area contributed by atoms with Gasteiger partial charge < -0.3 is 19.7 Å². The zero-order valence-electron chi connectivity index (χ0n) is 20.6. The van der Waals surface area contributed by atoms with Crippen molar-refractivity contribution in [3.63, 3.8) is 0 Å². The minimum atomic E-state index is -5.08. The minimum absolute atomic E-state index is 0.403. The number of hydrogen-bond donors (Lipinski definition) is 2. The second kappa shape index (κ2) is 14.1. The van der Waals surface area contributed by atoms with Crippen LogP contribution in [-0.4, -0.2) is 83.9 Å². The molecule has 8 nitrogen and oxygen atoms in total. The lowest BCUT2D eigenvalue weighted by atomic mass is 9.81. The molecule has 0 bridgehead atoms.